The second-order valence-electron chi connectivity index (χ2n) is 5.81. The normalized spacial score (nSPS) is 13.3. The molecule has 3 aromatic rings. The second kappa shape index (κ2) is 7.37. The fourth-order valence-corrected chi connectivity index (χ4v) is 6.13. The molecular weight excluding hydrogens is 389 g/mol. The van der Waals surface area contributed by atoms with E-state index in [9.17, 15) is 14.5 Å². The van der Waals surface area contributed by atoms with Crippen molar-refractivity contribution >= 4 is 47.2 Å². The van der Waals surface area contributed by atoms with Gasteiger partial charge in [-0.05, 0) is 48.4 Å². The lowest BCUT2D eigenvalue weighted by Gasteiger charge is -2.20. The van der Waals surface area contributed by atoms with Gasteiger partial charge in [0.1, 0.15) is 4.88 Å². The molecule has 3 rings (SSSR count). The Labute approximate surface area is 159 Å². The predicted octanol–water partition coefficient (Wildman–Crippen LogP) is 5.37. The molecule has 2 heterocycles. The van der Waals surface area contributed by atoms with Crippen LogP contribution in [0.5, 0.6) is 0 Å². The van der Waals surface area contributed by atoms with Gasteiger partial charge in [0.05, 0.1) is 11.0 Å². The molecule has 8 heteroatoms. The molecule has 5 nitrogen and oxygen atoms in total. The van der Waals surface area contributed by atoms with Crippen LogP contribution in [0.25, 0.3) is 10.4 Å². The van der Waals surface area contributed by atoms with Gasteiger partial charge in [-0.1, -0.05) is 17.7 Å². The van der Waals surface area contributed by atoms with Gasteiger partial charge >= 0.3 is 13.5 Å². The van der Waals surface area contributed by atoms with E-state index >= 15 is 0 Å². The molecular formula is C18H18NO4PS2. The molecule has 0 aliphatic carbocycles. The Morgan fingerprint density at radius 1 is 1.23 bits per heavy atom. The van der Waals surface area contributed by atoms with Gasteiger partial charge in [-0.2, -0.15) is 11.3 Å². The topological polar surface area (TPSA) is 75.6 Å². The smallest absolute Gasteiger partial charge is 0.348 e. The zero-order valence-corrected chi connectivity index (χ0v) is 17.0. The van der Waals surface area contributed by atoms with E-state index in [1.807, 2.05) is 42.8 Å². The van der Waals surface area contributed by atoms with Crippen molar-refractivity contribution in [2.45, 2.75) is 13.8 Å². The lowest BCUT2D eigenvalue weighted by molar-refractivity contribution is 0.0703. The van der Waals surface area contributed by atoms with Crippen molar-refractivity contribution in [1.29, 1.82) is 0 Å². The van der Waals surface area contributed by atoms with Crippen molar-refractivity contribution in [1.82, 2.24) is 0 Å². The van der Waals surface area contributed by atoms with Crippen LogP contribution in [0.2, 0.25) is 0 Å². The summed E-state index contributed by atoms with van der Waals surface area (Å²) in [6.07, 6.45) is 0. The summed E-state index contributed by atoms with van der Waals surface area (Å²) in [4.78, 5) is 12.6. The number of anilines is 1. The highest BCUT2D eigenvalue weighted by molar-refractivity contribution is 7.68. The summed E-state index contributed by atoms with van der Waals surface area (Å²) in [5, 5.41) is 16.8. The average molecular weight is 407 g/mol. The Kier molecular flexibility index (Phi) is 5.34. The third-order valence-electron chi connectivity index (χ3n) is 3.93. The van der Waals surface area contributed by atoms with Crippen LogP contribution >= 0.6 is 30.2 Å². The molecule has 0 spiro atoms. The van der Waals surface area contributed by atoms with Crippen LogP contribution in [0.1, 0.15) is 20.8 Å². The van der Waals surface area contributed by atoms with E-state index in [-0.39, 0.29) is 4.88 Å². The van der Waals surface area contributed by atoms with Crippen molar-refractivity contribution in [2.75, 3.05) is 12.2 Å². The maximum absolute atomic E-state index is 13.4. The van der Waals surface area contributed by atoms with Crippen LogP contribution in [0, 0.1) is 13.8 Å². The molecule has 2 aromatic heterocycles. The third kappa shape index (κ3) is 3.62. The standard InChI is InChI=1S/C18H18NO4PS2/c1-11-4-5-15(12(2)8-11)24(22,23-3)19-14-9-16(13-6-7-25-10-13)26-17(14)18(20)21/h4-10H,1-3H3,(H,19,22)(H,20,21). The largest absolute Gasteiger partial charge is 0.477 e. The summed E-state index contributed by atoms with van der Waals surface area (Å²) in [6, 6.07) is 9.18. The molecule has 1 aromatic carbocycles. The number of carbonyl (C=O) groups is 1. The van der Waals surface area contributed by atoms with Crippen LogP contribution < -0.4 is 10.4 Å². The summed E-state index contributed by atoms with van der Waals surface area (Å²) in [5.74, 6) is -1.07. The monoisotopic (exact) mass is 407 g/mol. The fraction of sp³-hybridized carbons (Fsp3) is 0.167. The zero-order chi connectivity index (χ0) is 18.9. The third-order valence-corrected chi connectivity index (χ3v) is 7.97. The molecule has 0 aliphatic rings. The molecule has 0 bridgehead atoms. The minimum atomic E-state index is -3.47. The maximum atomic E-state index is 13.4. The highest BCUT2D eigenvalue weighted by Crippen LogP contribution is 2.48. The molecule has 1 unspecified atom stereocenters. The number of aryl methyl sites for hydroxylation is 2. The molecule has 0 aliphatic heterocycles. The van der Waals surface area contributed by atoms with Gasteiger partial charge in [0.15, 0.2) is 0 Å². The number of rotatable bonds is 6. The van der Waals surface area contributed by atoms with Crippen LogP contribution in [-0.4, -0.2) is 18.2 Å². The summed E-state index contributed by atoms with van der Waals surface area (Å²) in [7, 11) is -2.11. The first-order chi connectivity index (χ1) is 12.3. The molecule has 136 valence electrons. The minimum absolute atomic E-state index is 0.105. The number of aromatic carboxylic acids is 1. The Hall–Kier alpha value is -1.92. The van der Waals surface area contributed by atoms with Gasteiger partial charge in [0.25, 0.3) is 0 Å². The summed E-state index contributed by atoms with van der Waals surface area (Å²) < 4.78 is 18.8. The molecule has 1 atom stereocenters. The average Bonchev–Trinajstić information content (AvgIpc) is 3.23. The number of carboxylic acids is 1. The van der Waals surface area contributed by atoms with Gasteiger partial charge in [0.2, 0.25) is 0 Å². The number of nitrogens with one attached hydrogen (secondary N) is 1. The van der Waals surface area contributed by atoms with E-state index in [0.29, 0.717) is 11.0 Å². The predicted molar refractivity (Wildman–Crippen MR) is 108 cm³/mol. The Morgan fingerprint density at radius 3 is 2.58 bits per heavy atom. The Bertz CT molecular complexity index is 995. The van der Waals surface area contributed by atoms with Crippen LogP contribution in [0.3, 0.4) is 0 Å². The van der Waals surface area contributed by atoms with Gasteiger partial charge < -0.3 is 14.7 Å². The quantitative estimate of drug-likeness (QED) is 0.538. The minimum Gasteiger partial charge on any atom is -0.477 e. The number of hydrogen-bond donors (Lipinski definition) is 2. The van der Waals surface area contributed by atoms with Crippen LogP contribution in [0.4, 0.5) is 5.69 Å². The van der Waals surface area contributed by atoms with E-state index in [1.54, 1.807) is 12.1 Å². The van der Waals surface area contributed by atoms with E-state index in [2.05, 4.69) is 5.09 Å². The second-order valence-corrected chi connectivity index (χ2v) is 9.81. The Balaban J connectivity index is 2.05. The summed E-state index contributed by atoms with van der Waals surface area (Å²) in [6.45, 7) is 3.81. The number of hydrogen-bond acceptors (Lipinski definition) is 5. The summed E-state index contributed by atoms with van der Waals surface area (Å²) in [5.41, 5.74) is 3.12. The van der Waals surface area contributed by atoms with E-state index in [0.717, 1.165) is 32.9 Å². The van der Waals surface area contributed by atoms with Crippen molar-refractivity contribution in [3.63, 3.8) is 0 Å². The molecule has 0 fully saturated rings. The van der Waals surface area contributed by atoms with Crippen molar-refractivity contribution in [2.24, 2.45) is 0 Å². The van der Waals surface area contributed by atoms with Crippen molar-refractivity contribution < 1.29 is 19.0 Å². The van der Waals surface area contributed by atoms with E-state index in [1.165, 1.54) is 18.4 Å². The first kappa shape index (κ1) is 18.9. The number of carboxylic acid groups (broad SMARTS) is 1. The number of benzene rings is 1. The van der Waals surface area contributed by atoms with Gasteiger partial charge in [-0.3, -0.25) is 4.57 Å². The number of thiophene rings is 2. The van der Waals surface area contributed by atoms with E-state index in [4.69, 9.17) is 4.52 Å². The highest BCUT2D eigenvalue weighted by Gasteiger charge is 2.29. The van der Waals surface area contributed by atoms with Crippen molar-refractivity contribution in [3.05, 3.63) is 57.1 Å². The summed E-state index contributed by atoms with van der Waals surface area (Å²) >= 11 is 2.68. The highest BCUT2D eigenvalue weighted by atomic mass is 32.1. The van der Waals surface area contributed by atoms with Crippen molar-refractivity contribution in [3.8, 4) is 10.4 Å². The molecule has 0 saturated heterocycles. The van der Waals surface area contributed by atoms with Gasteiger partial charge in [-0.25, -0.2) is 4.79 Å². The Morgan fingerprint density at radius 2 is 2.00 bits per heavy atom. The fourth-order valence-electron chi connectivity index (χ4n) is 2.68. The SMILES string of the molecule is COP(=O)(Nc1cc(-c2ccsc2)sc1C(=O)O)c1ccc(C)cc1C. The molecule has 0 saturated carbocycles. The molecule has 0 radical (unpaired) electrons. The van der Waals surface area contributed by atoms with Crippen LogP contribution in [-0.2, 0) is 9.09 Å². The van der Waals surface area contributed by atoms with Crippen LogP contribution in [0.15, 0.2) is 41.1 Å². The van der Waals surface area contributed by atoms with Gasteiger partial charge in [-0.15, -0.1) is 11.3 Å². The maximum Gasteiger partial charge on any atom is 0.348 e. The molecule has 26 heavy (non-hydrogen) atoms. The first-order valence-electron chi connectivity index (χ1n) is 7.75. The molecule has 0 amide bonds. The zero-order valence-electron chi connectivity index (χ0n) is 14.5. The first-order valence-corrected chi connectivity index (χ1v) is 11.1. The van der Waals surface area contributed by atoms with Gasteiger partial charge in [0, 0.05) is 17.6 Å². The lowest BCUT2D eigenvalue weighted by Crippen LogP contribution is -2.17. The lowest BCUT2D eigenvalue weighted by atomic mass is 10.2. The van der Waals surface area contributed by atoms with E-state index < -0.39 is 13.5 Å². The molecule has 2 N–H and O–H groups in total.